The molecular weight excluding hydrogens is 162 g/mol. The molecule has 3 heteroatoms. The van der Waals surface area contributed by atoms with E-state index >= 15 is 0 Å². The lowest BCUT2D eigenvalue weighted by Gasteiger charge is -2.13. The summed E-state index contributed by atoms with van der Waals surface area (Å²) in [5.74, 6) is -2.61. The molecule has 66 valence electrons. The second kappa shape index (κ2) is 3.09. The van der Waals surface area contributed by atoms with Crippen molar-refractivity contribution >= 4 is 0 Å². The van der Waals surface area contributed by atoms with Gasteiger partial charge in [-0.15, -0.1) is 0 Å². The molecule has 0 saturated carbocycles. The maximum Gasteiger partial charge on any atom is 0.274 e. The van der Waals surface area contributed by atoms with Crippen LogP contribution in [0.4, 0.5) is 8.78 Å². The SMILES string of the molecule is COc1ccccc1C(C)(F)F. The Morgan fingerprint density at radius 1 is 1.25 bits per heavy atom. The van der Waals surface area contributed by atoms with Crippen LogP contribution >= 0.6 is 0 Å². The van der Waals surface area contributed by atoms with Gasteiger partial charge in [0.2, 0.25) is 0 Å². The number of ether oxygens (including phenoxy) is 1. The van der Waals surface area contributed by atoms with E-state index in [4.69, 9.17) is 4.74 Å². The number of rotatable bonds is 2. The van der Waals surface area contributed by atoms with Gasteiger partial charge in [-0.2, -0.15) is 0 Å². The van der Waals surface area contributed by atoms with Crippen LogP contribution in [0.3, 0.4) is 0 Å². The van der Waals surface area contributed by atoms with Crippen molar-refractivity contribution in [3.05, 3.63) is 29.8 Å². The summed E-state index contributed by atoms with van der Waals surface area (Å²) in [4.78, 5) is 0. The van der Waals surface area contributed by atoms with Crippen LogP contribution in [-0.4, -0.2) is 7.11 Å². The number of hydrogen-bond acceptors (Lipinski definition) is 1. The third kappa shape index (κ3) is 1.72. The number of benzene rings is 1. The molecular formula is C9H10F2O. The van der Waals surface area contributed by atoms with Gasteiger partial charge in [0.05, 0.1) is 12.7 Å². The van der Waals surface area contributed by atoms with Crippen LogP contribution in [0, 0.1) is 0 Å². The fraction of sp³-hybridized carbons (Fsp3) is 0.333. The topological polar surface area (TPSA) is 9.23 Å². The molecule has 1 aromatic rings. The van der Waals surface area contributed by atoms with Crippen LogP contribution in [0.1, 0.15) is 12.5 Å². The highest BCUT2D eigenvalue weighted by atomic mass is 19.3. The van der Waals surface area contributed by atoms with Crippen molar-refractivity contribution in [2.75, 3.05) is 7.11 Å². The Morgan fingerprint density at radius 3 is 2.25 bits per heavy atom. The van der Waals surface area contributed by atoms with Crippen LogP contribution in [0.15, 0.2) is 24.3 Å². The standard InChI is InChI=1S/C9H10F2O/c1-9(10,11)7-5-3-4-6-8(7)12-2/h3-6H,1-2H3. The van der Waals surface area contributed by atoms with Gasteiger partial charge in [0.25, 0.3) is 5.92 Å². The Hall–Kier alpha value is -1.12. The van der Waals surface area contributed by atoms with E-state index in [9.17, 15) is 8.78 Å². The maximum absolute atomic E-state index is 12.8. The van der Waals surface area contributed by atoms with Gasteiger partial charge in [0, 0.05) is 6.92 Å². The van der Waals surface area contributed by atoms with Crippen LogP contribution < -0.4 is 4.74 Å². The summed E-state index contributed by atoms with van der Waals surface area (Å²) in [5.41, 5.74) is -0.0764. The fourth-order valence-corrected chi connectivity index (χ4v) is 1.01. The minimum Gasteiger partial charge on any atom is -0.496 e. The second-order valence-electron chi connectivity index (χ2n) is 2.59. The minimum atomic E-state index is -2.84. The van der Waals surface area contributed by atoms with Crippen molar-refractivity contribution < 1.29 is 13.5 Å². The number of methoxy groups -OCH3 is 1. The molecule has 0 spiro atoms. The molecule has 0 aromatic heterocycles. The molecule has 1 nitrogen and oxygen atoms in total. The van der Waals surface area contributed by atoms with E-state index in [1.54, 1.807) is 12.1 Å². The molecule has 0 bridgehead atoms. The Bertz CT molecular complexity index is 265. The zero-order valence-electron chi connectivity index (χ0n) is 6.97. The van der Waals surface area contributed by atoms with Gasteiger partial charge in [-0.1, -0.05) is 12.1 Å². The van der Waals surface area contributed by atoms with Gasteiger partial charge in [-0.25, -0.2) is 8.78 Å². The quantitative estimate of drug-likeness (QED) is 0.666. The first-order chi connectivity index (χ1) is 5.55. The van der Waals surface area contributed by atoms with Crippen molar-refractivity contribution in [1.29, 1.82) is 0 Å². The van der Waals surface area contributed by atoms with E-state index in [2.05, 4.69) is 0 Å². The average molecular weight is 172 g/mol. The van der Waals surface area contributed by atoms with Gasteiger partial charge in [0.15, 0.2) is 0 Å². The molecule has 0 aliphatic carbocycles. The lowest BCUT2D eigenvalue weighted by Crippen LogP contribution is -2.08. The Kier molecular flexibility index (Phi) is 2.31. The maximum atomic E-state index is 12.8. The molecule has 0 radical (unpaired) electrons. The summed E-state index contributed by atoms with van der Waals surface area (Å²) in [6.07, 6.45) is 0. The van der Waals surface area contributed by atoms with Gasteiger partial charge in [0.1, 0.15) is 5.75 Å². The van der Waals surface area contributed by atoms with Crippen molar-refractivity contribution in [2.24, 2.45) is 0 Å². The first kappa shape index (κ1) is 8.97. The van der Waals surface area contributed by atoms with E-state index < -0.39 is 5.92 Å². The van der Waals surface area contributed by atoms with Crippen LogP contribution in [-0.2, 0) is 5.92 Å². The molecule has 1 aromatic carbocycles. The van der Waals surface area contributed by atoms with E-state index in [0.717, 1.165) is 6.92 Å². The molecule has 0 aliphatic heterocycles. The first-order valence-electron chi connectivity index (χ1n) is 3.57. The van der Waals surface area contributed by atoms with E-state index in [1.807, 2.05) is 0 Å². The Balaban J connectivity index is 3.14. The Labute approximate surface area is 70.0 Å². The van der Waals surface area contributed by atoms with Gasteiger partial charge >= 0.3 is 0 Å². The highest BCUT2D eigenvalue weighted by Gasteiger charge is 2.27. The summed E-state index contributed by atoms with van der Waals surface area (Å²) in [7, 11) is 1.38. The van der Waals surface area contributed by atoms with E-state index in [-0.39, 0.29) is 11.3 Å². The van der Waals surface area contributed by atoms with Crippen LogP contribution in [0.25, 0.3) is 0 Å². The molecule has 0 atom stereocenters. The summed E-state index contributed by atoms with van der Waals surface area (Å²) in [5, 5.41) is 0. The van der Waals surface area contributed by atoms with Gasteiger partial charge in [-0.05, 0) is 12.1 Å². The molecule has 12 heavy (non-hydrogen) atoms. The van der Waals surface area contributed by atoms with Crippen molar-refractivity contribution in [2.45, 2.75) is 12.8 Å². The molecule has 0 saturated heterocycles. The third-order valence-corrected chi connectivity index (χ3v) is 1.58. The molecule has 0 aliphatic rings. The summed E-state index contributed by atoms with van der Waals surface area (Å²) >= 11 is 0. The fourth-order valence-electron chi connectivity index (χ4n) is 1.01. The molecule has 0 unspecified atom stereocenters. The smallest absolute Gasteiger partial charge is 0.274 e. The monoisotopic (exact) mass is 172 g/mol. The van der Waals surface area contributed by atoms with Crippen molar-refractivity contribution in [1.82, 2.24) is 0 Å². The number of halogens is 2. The zero-order valence-corrected chi connectivity index (χ0v) is 6.97. The summed E-state index contributed by atoms with van der Waals surface area (Å²) in [6, 6.07) is 6.11. The Morgan fingerprint density at radius 2 is 1.83 bits per heavy atom. The molecule has 1 rings (SSSR count). The molecule has 0 N–H and O–H groups in total. The number of para-hydroxylation sites is 1. The summed E-state index contributed by atoms with van der Waals surface area (Å²) in [6.45, 7) is 0.852. The normalized spacial score (nSPS) is 11.3. The lowest BCUT2D eigenvalue weighted by atomic mass is 10.1. The largest absolute Gasteiger partial charge is 0.496 e. The first-order valence-corrected chi connectivity index (χ1v) is 3.57. The second-order valence-corrected chi connectivity index (χ2v) is 2.59. The van der Waals surface area contributed by atoms with Crippen LogP contribution in [0.5, 0.6) is 5.75 Å². The number of alkyl halides is 2. The van der Waals surface area contributed by atoms with Gasteiger partial charge in [-0.3, -0.25) is 0 Å². The van der Waals surface area contributed by atoms with Crippen molar-refractivity contribution in [3.8, 4) is 5.75 Å². The van der Waals surface area contributed by atoms with Gasteiger partial charge < -0.3 is 4.74 Å². The predicted molar refractivity (Wildman–Crippen MR) is 42.6 cm³/mol. The van der Waals surface area contributed by atoms with Crippen molar-refractivity contribution in [3.63, 3.8) is 0 Å². The number of hydrogen-bond donors (Lipinski definition) is 0. The highest BCUT2D eigenvalue weighted by molar-refractivity contribution is 5.36. The minimum absolute atomic E-state index is 0.0764. The highest BCUT2D eigenvalue weighted by Crippen LogP contribution is 2.33. The molecule has 0 fully saturated rings. The van der Waals surface area contributed by atoms with E-state index in [1.165, 1.54) is 19.2 Å². The lowest BCUT2D eigenvalue weighted by molar-refractivity contribution is 0.0151. The summed E-state index contributed by atoms with van der Waals surface area (Å²) < 4.78 is 30.4. The van der Waals surface area contributed by atoms with Crippen LogP contribution in [0.2, 0.25) is 0 Å². The molecule has 0 heterocycles. The predicted octanol–water partition coefficient (Wildman–Crippen LogP) is 2.81. The van der Waals surface area contributed by atoms with E-state index in [0.29, 0.717) is 0 Å². The average Bonchev–Trinajstić information content (AvgIpc) is 2.03. The zero-order chi connectivity index (χ0) is 9.19. The third-order valence-electron chi connectivity index (χ3n) is 1.58. The molecule has 0 amide bonds.